The highest BCUT2D eigenvalue weighted by Crippen LogP contribution is 2.52. The van der Waals surface area contributed by atoms with Crippen molar-refractivity contribution >= 4 is 5.69 Å². The quantitative estimate of drug-likeness (QED) is 0.645. The van der Waals surface area contributed by atoms with E-state index in [4.69, 9.17) is 15.0 Å². The highest BCUT2D eigenvalue weighted by molar-refractivity contribution is 5.45. The van der Waals surface area contributed by atoms with Crippen LogP contribution in [0.5, 0.6) is 0 Å². The Morgan fingerprint density at radius 2 is 2.05 bits per heavy atom. The Balaban J connectivity index is 1.77. The van der Waals surface area contributed by atoms with E-state index in [0.717, 1.165) is 43.1 Å². The molecule has 0 radical (unpaired) electrons. The van der Waals surface area contributed by atoms with Crippen LogP contribution in [0.3, 0.4) is 0 Å². The van der Waals surface area contributed by atoms with Crippen LogP contribution in [0.4, 0.5) is 5.69 Å². The molecule has 1 aliphatic carbocycles. The average molecular weight is 273 g/mol. The van der Waals surface area contributed by atoms with Crippen molar-refractivity contribution in [1.29, 1.82) is 0 Å². The van der Waals surface area contributed by atoms with Crippen molar-refractivity contribution in [3.63, 3.8) is 0 Å². The fourth-order valence-electron chi connectivity index (χ4n) is 2.48. The zero-order valence-electron chi connectivity index (χ0n) is 11.6. The molecule has 3 rings (SSSR count). The minimum Gasteiger partial charge on any atom is -0.399 e. The highest BCUT2D eigenvalue weighted by Gasteiger charge is 2.50. The van der Waals surface area contributed by atoms with E-state index < -0.39 is 0 Å². The molecule has 0 bridgehead atoms. The lowest BCUT2D eigenvalue weighted by atomic mass is 9.96. The van der Waals surface area contributed by atoms with Gasteiger partial charge in [-0.25, -0.2) is 0 Å². The monoisotopic (exact) mass is 273 g/mol. The maximum Gasteiger partial charge on any atom is 0.237 e. The molecule has 1 fully saturated rings. The third-order valence-corrected chi connectivity index (χ3v) is 3.84. The van der Waals surface area contributed by atoms with Gasteiger partial charge < -0.3 is 15.0 Å². The van der Waals surface area contributed by atoms with Gasteiger partial charge in [0.2, 0.25) is 5.89 Å². The number of methoxy groups -OCH3 is 1. The Morgan fingerprint density at radius 3 is 2.70 bits per heavy atom. The SMILES string of the molecule is COCCCc1noc(C2(c3ccc(N)cc3)CC2)n1. The van der Waals surface area contributed by atoms with Crippen LogP contribution in [-0.2, 0) is 16.6 Å². The third kappa shape index (κ3) is 2.41. The van der Waals surface area contributed by atoms with Gasteiger partial charge in [0.15, 0.2) is 5.82 Å². The van der Waals surface area contributed by atoms with Crippen LogP contribution in [-0.4, -0.2) is 23.9 Å². The summed E-state index contributed by atoms with van der Waals surface area (Å²) in [5, 5.41) is 4.07. The summed E-state index contributed by atoms with van der Waals surface area (Å²) in [4.78, 5) is 4.55. The number of nitrogens with two attached hydrogens (primary N) is 1. The van der Waals surface area contributed by atoms with Crippen LogP contribution in [0, 0.1) is 0 Å². The number of aromatic nitrogens is 2. The Morgan fingerprint density at radius 1 is 1.30 bits per heavy atom. The summed E-state index contributed by atoms with van der Waals surface area (Å²) in [6.45, 7) is 0.715. The van der Waals surface area contributed by atoms with Gasteiger partial charge in [-0.1, -0.05) is 17.3 Å². The summed E-state index contributed by atoms with van der Waals surface area (Å²) in [7, 11) is 1.70. The molecule has 0 atom stereocenters. The van der Waals surface area contributed by atoms with E-state index in [1.54, 1.807) is 7.11 Å². The van der Waals surface area contributed by atoms with Gasteiger partial charge >= 0.3 is 0 Å². The highest BCUT2D eigenvalue weighted by atomic mass is 16.5. The molecular weight excluding hydrogens is 254 g/mol. The minimum atomic E-state index is -0.0831. The molecule has 0 saturated heterocycles. The Hall–Kier alpha value is -1.88. The number of nitrogen functional groups attached to an aromatic ring is 1. The maximum absolute atomic E-state index is 5.74. The Kier molecular flexibility index (Phi) is 3.44. The second kappa shape index (κ2) is 5.25. The molecule has 0 aliphatic heterocycles. The topological polar surface area (TPSA) is 74.2 Å². The van der Waals surface area contributed by atoms with Gasteiger partial charge in [-0.05, 0) is 37.0 Å². The first-order chi connectivity index (χ1) is 9.74. The van der Waals surface area contributed by atoms with Gasteiger partial charge in [-0.2, -0.15) is 4.98 Å². The van der Waals surface area contributed by atoms with Crippen molar-refractivity contribution in [2.24, 2.45) is 0 Å². The Labute approximate surface area is 118 Å². The van der Waals surface area contributed by atoms with Crippen LogP contribution < -0.4 is 5.73 Å². The lowest BCUT2D eigenvalue weighted by Gasteiger charge is -2.10. The fraction of sp³-hybridized carbons (Fsp3) is 0.467. The van der Waals surface area contributed by atoms with Gasteiger partial charge in [-0.3, -0.25) is 0 Å². The molecular formula is C15H19N3O2. The number of rotatable bonds is 6. The maximum atomic E-state index is 5.74. The second-order valence-corrected chi connectivity index (χ2v) is 5.32. The van der Waals surface area contributed by atoms with Crippen molar-refractivity contribution in [2.75, 3.05) is 19.5 Å². The number of anilines is 1. The van der Waals surface area contributed by atoms with Crippen molar-refractivity contribution in [2.45, 2.75) is 31.1 Å². The Bertz CT molecular complexity index is 573. The standard InChI is InChI=1S/C15H19N3O2/c1-19-10-2-3-13-17-14(20-18-13)15(8-9-15)11-4-6-12(16)7-5-11/h4-7H,2-3,8-10,16H2,1H3. The zero-order valence-corrected chi connectivity index (χ0v) is 11.6. The van der Waals surface area contributed by atoms with Gasteiger partial charge in [0.1, 0.15) is 0 Å². The molecule has 1 aromatic heterocycles. The van der Waals surface area contributed by atoms with Crippen molar-refractivity contribution in [3.05, 3.63) is 41.5 Å². The van der Waals surface area contributed by atoms with E-state index in [-0.39, 0.29) is 5.41 Å². The van der Waals surface area contributed by atoms with Crippen molar-refractivity contribution < 1.29 is 9.26 Å². The smallest absolute Gasteiger partial charge is 0.237 e. The first kappa shape index (κ1) is 13.1. The minimum absolute atomic E-state index is 0.0831. The molecule has 1 saturated carbocycles. The molecule has 2 aromatic rings. The molecule has 2 N–H and O–H groups in total. The lowest BCUT2D eigenvalue weighted by molar-refractivity contribution is 0.194. The van der Waals surface area contributed by atoms with Crippen LogP contribution in [0.25, 0.3) is 0 Å². The fourth-order valence-corrected chi connectivity index (χ4v) is 2.48. The molecule has 1 heterocycles. The van der Waals surface area contributed by atoms with Crippen molar-refractivity contribution in [1.82, 2.24) is 10.1 Å². The predicted molar refractivity (Wildman–Crippen MR) is 75.4 cm³/mol. The van der Waals surface area contributed by atoms with Crippen molar-refractivity contribution in [3.8, 4) is 0 Å². The molecule has 0 amide bonds. The summed E-state index contributed by atoms with van der Waals surface area (Å²) in [5.41, 5.74) is 7.64. The first-order valence-corrected chi connectivity index (χ1v) is 6.93. The molecule has 0 unspecified atom stereocenters. The summed E-state index contributed by atoms with van der Waals surface area (Å²) in [5.74, 6) is 1.49. The van der Waals surface area contributed by atoms with E-state index in [1.807, 2.05) is 12.1 Å². The number of nitrogens with zero attached hydrogens (tertiary/aromatic N) is 2. The lowest BCUT2D eigenvalue weighted by Crippen LogP contribution is -2.09. The molecule has 1 aromatic carbocycles. The average Bonchev–Trinajstić information content (AvgIpc) is 3.13. The molecule has 5 nitrogen and oxygen atoms in total. The van der Waals surface area contributed by atoms with Gasteiger partial charge in [0.25, 0.3) is 0 Å². The van der Waals surface area contributed by atoms with E-state index >= 15 is 0 Å². The molecule has 1 aliphatic rings. The van der Waals surface area contributed by atoms with Crippen LogP contribution in [0.1, 0.15) is 36.5 Å². The van der Waals surface area contributed by atoms with Crippen LogP contribution >= 0.6 is 0 Å². The molecule has 5 heteroatoms. The summed E-state index contributed by atoms with van der Waals surface area (Å²) < 4.78 is 10.5. The number of benzene rings is 1. The predicted octanol–water partition coefficient (Wildman–Crippen LogP) is 2.31. The van der Waals surface area contributed by atoms with Gasteiger partial charge in [0, 0.05) is 25.8 Å². The largest absolute Gasteiger partial charge is 0.399 e. The van der Waals surface area contributed by atoms with E-state index in [1.165, 1.54) is 5.56 Å². The number of hydrogen-bond acceptors (Lipinski definition) is 5. The van der Waals surface area contributed by atoms with Crippen LogP contribution in [0.2, 0.25) is 0 Å². The first-order valence-electron chi connectivity index (χ1n) is 6.93. The number of aryl methyl sites for hydroxylation is 1. The zero-order chi connectivity index (χ0) is 14.0. The summed E-state index contributed by atoms with van der Waals surface area (Å²) in [6.07, 6.45) is 3.80. The summed E-state index contributed by atoms with van der Waals surface area (Å²) in [6, 6.07) is 7.95. The number of hydrogen-bond donors (Lipinski definition) is 1. The number of ether oxygens (including phenoxy) is 1. The summed E-state index contributed by atoms with van der Waals surface area (Å²) >= 11 is 0. The second-order valence-electron chi connectivity index (χ2n) is 5.32. The van der Waals surface area contributed by atoms with E-state index in [2.05, 4.69) is 22.3 Å². The third-order valence-electron chi connectivity index (χ3n) is 3.84. The van der Waals surface area contributed by atoms with E-state index in [0.29, 0.717) is 6.61 Å². The normalized spacial score (nSPS) is 16.2. The molecule has 0 spiro atoms. The van der Waals surface area contributed by atoms with E-state index in [9.17, 15) is 0 Å². The molecule has 20 heavy (non-hydrogen) atoms. The van der Waals surface area contributed by atoms with Crippen LogP contribution in [0.15, 0.2) is 28.8 Å². The van der Waals surface area contributed by atoms with Gasteiger partial charge in [-0.15, -0.1) is 0 Å². The molecule has 106 valence electrons. The van der Waals surface area contributed by atoms with Gasteiger partial charge in [0.05, 0.1) is 5.41 Å².